The van der Waals surface area contributed by atoms with Crippen LogP contribution in [0.15, 0.2) is 4.42 Å². The van der Waals surface area contributed by atoms with Crippen LogP contribution in [0, 0.1) is 17.2 Å². The van der Waals surface area contributed by atoms with Crippen molar-refractivity contribution in [2.45, 2.75) is 32.3 Å². The van der Waals surface area contributed by atoms with E-state index in [2.05, 4.69) is 4.98 Å². The zero-order chi connectivity index (χ0) is 11.5. The van der Waals surface area contributed by atoms with Crippen LogP contribution in [0.3, 0.4) is 0 Å². The number of anilines is 1. The Kier molecular flexibility index (Phi) is 3.11. The number of aromatic nitrogens is 1. The highest BCUT2D eigenvalue weighted by atomic mass is 16.5. The molecule has 1 heterocycles. The summed E-state index contributed by atoms with van der Waals surface area (Å²) in [6.45, 7) is 2.77. The molecular formula is C11H15N3O2. The second-order valence-electron chi connectivity index (χ2n) is 4.05. The van der Waals surface area contributed by atoms with Gasteiger partial charge in [0.15, 0.2) is 5.89 Å². The fourth-order valence-corrected chi connectivity index (χ4v) is 2.01. The Morgan fingerprint density at radius 3 is 2.94 bits per heavy atom. The van der Waals surface area contributed by atoms with E-state index in [1.165, 1.54) is 0 Å². The topological polar surface area (TPSA) is 85.1 Å². The molecule has 0 spiro atoms. The first-order valence-corrected chi connectivity index (χ1v) is 5.49. The third kappa shape index (κ3) is 2.17. The van der Waals surface area contributed by atoms with Crippen LogP contribution in [0.2, 0.25) is 0 Å². The molecule has 5 nitrogen and oxygen atoms in total. The number of oxazole rings is 1. The minimum atomic E-state index is 0.123. The van der Waals surface area contributed by atoms with Crippen molar-refractivity contribution in [3.05, 3.63) is 11.6 Å². The summed E-state index contributed by atoms with van der Waals surface area (Å²) >= 11 is 0. The maximum Gasteiger partial charge on any atom is 0.229 e. The van der Waals surface area contributed by atoms with E-state index < -0.39 is 0 Å². The number of hydrogen-bond donors (Lipinski definition) is 1. The number of nitrogens with zero attached hydrogens (tertiary/aromatic N) is 2. The molecule has 0 atom stereocenters. The second kappa shape index (κ2) is 4.54. The number of rotatable bonds is 4. The van der Waals surface area contributed by atoms with Crippen LogP contribution < -0.4 is 5.73 Å². The van der Waals surface area contributed by atoms with E-state index >= 15 is 0 Å². The lowest BCUT2D eigenvalue weighted by atomic mass is 9.80. The molecule has 0 bridgehead atoms. The number of nitriles is 1. The van der Waals surface area contributed by atoms with Gasteiger partial charge in [0.1, 0.15) is 6.07 Å². The van der Waals surface area contributed by atoms with Gasteiger partial charge in [-0.25, -0.2) is 4.98 Å². The third-order valence-electron chi connectivity index (χ3n) is 2.86. The molecular weight excluding hydrogens is 206 g/mol. The average molecular weight is 221 g/mol. The Balaban J connectivity index is 1.85. The maximum atomic E-state index is 8.68. The smallest absolute Gasteiger partial charge is 0.229 e. The third-order valence-corrected chi connectivity index (χ3v) is 2.86. The number of ether oxygens (including phenoxy) is 1. The largest absolute Gasteiger partial charge is 0.424 e. The summed E-state index contributed by atoms with van der Waals surface area (Å²) in [5, 5.41) is 8.68. The van der Waals surface area contributed by atoms with Crippen LogP contribution in [0.5, 0.6) is 0 Å². The van der Waals surface area contributed by atoms with Gasteiger partial charge in [0.05, 0.1) is 6.10 Å². The van der Waals surface area contributed by atoms with Gasteiger partial charge in [-0.15, -0.1) is 0 Å². The van der Waals surface area contributed by atoms with Crippen molar-refractivity contribution in [2.75, 3.05) is 12.3 Å². The van der Waals surface area contributed by atoms with E-state index in [4.69, 9.17) is 20.1 Å². The molecule has 2 N–H and O–H groups in total. The van der Waals surface area contributed by atoms with Crippen molar-refractivity contribution in [1.82, 2.24) is 4.98 Å². The fourth-order valence-electron chi connectivity index (χ4n) is 2.01. The summed E-state index contributed by atoms with van der Waals surface area (Å²) in [6.07, 6.45) is 3.21. The van der Waals surface area contributed by atoms with Crippen molar-refractivity contribution >= 4 is 5.88 Å². The lowest BCUT2D eigenvalue weighted by Crippen LogP contribution is -2.32. The van der Waals surface area contributed by atoms with Gasteiger partial charge in [-0.1, -0.05) is 0 Å². The molecule has 1 aliphatic carbocycles. The predicted octanol–water partition coefficient (Wildman–Crippen LogP) is 1.49. The first-order valence-electron chi connectivity index (χ1n) is 5.49. The summed E-state index contributed by atoms with van der Waals surface area (Å²) in [7, 11) is 0. The zero-order valence-corrected chi connectivity index (χ0v) is 9.27. The molecule has 1 fully saturated rings. The van der Waals surface area contributed by atoms with Gasteiger partial charge in [0, 0.05) is 13.0 Å². The molecule has 0 aliphatic heterocycles. The Bertz CT molecular complexity index is 402. The van der Waals surface area contributed by atoms with Gasteiger partial charge in [-0.3, -0.25) is 0 Å². The molecule has 0 aromatic carbocycles. The van der Waals surface area contributed by atoms with Gasteiger partial charge in [-0.05, 0) is 25.7 Å². The predicted molar refractivity (Wildman–Crippen MR) is 57.5 cm³/mol. The monoisotopic (exact) mass is 221 g/mol. The minimum absolute atomic E-state index is 0.123. The average Bonchev–Trinajstić information content (AvgIpc) is 2.56. The van der Waals surface area contributed by atoms with Crippen molar-refractivity contribution in [3.63, 3.8) is 0 Å². The van der Waals surface area contributed by atoms with Crippen LogP contribution in [0.25, 0.3) is 0 Å². The quantitative estimate of drug-likeness (QED) is 0.832. The lowest BCUT2D eigenvalue weighted by molar-refractivity contribution is -0.0254. The molecule has 1 aromatic rings. The molecule has 1 aromatic heterocycles. The highest BCUT2D eigenvalue weighted by Crippen LogP contribution is 2.33. The van der Waals surface area contributed by atoms with Crippen molar-refractivity contribution in [3.8, 4) is 6.07 Å². The summed E-state index contributed by atoms with van der Waals surface area (Å²) in [4.78, 5) is 4.03. The zero-order valence-electron chi connectivity index (χ0n) is 9.27. The molecule has 1 aliphatic rings. The van der Waals surface area contributed by atoms with Crippen LogP contribution in [-0.4, -0.2) is 17.7 Å². The van der Waals surface area contributed by atoms with E-state index in [9.17, 15) is 0 Å². The van der Waals surface area contributed by atoms with Crippen LogP contribution in [0.4, 0.5) is 5.88 Å². The normalized spacial score (nSPS) is 23.8. The summed E-state index contributed by atoms with van der Waals surface area (Å²) in [5.41, 5.74) is 5.68. The van der Waals surface area contributed by atoms with Gasteiger partial charge in [0.2, 0.25) is 11.6 Å². The van der Waals surface area contributed by atoms with Crippen LogP contribution >= 0.6 is 0 Å². The van der Waals surface area contributed by atoms with E-state index in [-0.39, 0.29) is 11.6 Å². The highest BCUT2D eigenvalue weighted by molar-refractivity contribution is 5.40. The Hall–Kier alpha value is -1.54. The Morgan fingerprint density at radius 1 is 1.62 bits per heavy atom. The second-order valence-corrected chi connectivity index (χ2v) is 4.05. The van der Waals surface area contributed by atoms with Crippen molar-refractivity contribution < 1.29 is 9.15 Å². The Morgan fingerprint density at radius 2 is 2.38 bits per heavy atom. The molecule has 0 saturated heterocycles. The Labute approximate surface area is 94.2 Å². The van der Waals surface area contributed by atoms with Crippen molar-refractivity contribution in [1.29, 1.82) is 5.26 Å². The van der Waals surface area contributed by atoms with Crippen LogP contribution in [-0.2, 0) is 11.2 Å². The van der Waals surface area contributed by atoms with E-state index in [0.29, 0.717) is 17.9 Å². The van der Waals surface area contributed by atoms with Gasteiger partial charge in [-0.2, -0.15) is 5.26 Å². The van der Waals surface area contributed by atoms with Gasteiger partial charge < -0.3 is 14.9 Å². The van der Waals surface area contributed by atoms with Gasteiger partial charge in [0.25, 0.3) is 0 Å². The molecule has 2 rings (SSSR count). The van der Waals surface area contributed by atoms with Gasteiger partial charge >= 0.3 is 0 Å². The molecule has 86 valence electrons. The summed E-state index contributed by atoms with van der Waals surface area (Å²) < 4.78 is 10.7. The lowest BCUT2D eigenvalue weighted by Gasteiger charge is -2.34. The number of nitrogen functional groups attached to an aromatic ring is 1. The van der Waals surface area contributed by atoms with E-state index in [1.807, 2.05) is 13.0 Å². The van der Waals surface area contributed by atoms with Crippen LogP contribution in [0.1, 0.15) is 31.4 Å². The number of nitrogens with two attached hydrogens (primary N) is 1. The molecule has 0 radical (unpaired) electrons. The molecule has 0 unspecified atom stereocenters. The van der Waals surface area contributed by atoms with E-state index in [1.54, 1.807) is 0 Å². The summed E-state index contributed by atoms with van der Waals surface area (Å²) in [6, 6.07) is 1.90. The standard InChI is InChI=1S/C11H15N3O2/c1-2-15-8-3-7(4-8)5-10-14-9(6-12)11(13)16-10/h7-8H,2-5,13H2,1H3. The number of hydrogen-bond acceptors (Lipinski definition) is 5. The first-order chi connectivity index (χ1) is 7.72. The maximum absolute atomic E-state index is 8.68. The minimum Gasteiger partial charge on any atom is -0.424 e. The fraction of sp³-hybridized carbons (Fsp3) is 0.636. The SMILES string of the molecule is CCOC1CC(Cc2nc(C#N)c(N)o2)C1. The van der Waals surface area contributed by atoms with Crippen molar-refractivity contribution in [2.24, 2.45) is 5.92 Å². The highest BCUT2D eigenvalue weighted by Gasteiger charge is 2.31. The molecule has 5 heteroatoms. The molecule has 0 amide bonds. The summed E-state index contributed by atoms with van der Waals surface area (Å²) in [5.74, 6) is 1.23. The molecule has 1 saturated carbocycles. The van der Waals surface area contributed by atoms with E-state index in [0.717, 1.165) is 25.9 Å². The first kappa shape index (κ1) is 11.0. The molecule has 16 heavy (non-hydrogen) atoms.